The van der Waals surface area contributed by atoms with Crippen LogP contribution in [0.4, 0.5) is 0 Å². The molecule has 3 rings (SSSR count). The molecule has 0 amide bonds. The van der Waals surface area contributed by atoms with Crippen molar-refractivity contribution in [2.75, 3.05) is 31.2 Å². The van der Waals surface area contributed by atoms with Gasteiger partial charge in [0.15, 0.2) is 0 Å². The van der Waals surface area contributed by atoms with E-state index in [0.29, 0.717) is 5.92 Å². The number of rotatable bonds is 3. The highest BCUT2D eigenvalue weighted by atomic mass is 31.1. The standard InChI is InChI=1S/C27H51NO2P2/c29-26(30-25-17-12-8-4-2-6-10-14-21-32-23-25)27(18-15-19-28-27)24-16-11-7-3-1-5-9-13-20-31-22-24/h24-25,28,31-32H,1-23H2/t24?,25?,27-/m0/s1. The van der Waals surface area contributed by atoms with Gasteiger partial charge in [-0.1, -0.05) is 70.6 Å². The van der Waals surface area contributed by atoms with Gasteiger partial charge in [-0.15, -0.1) is 17.2 Å². The summed E-state index contributed by atoms with van der Waals surface area (Å²) < 4.78 is 6.42. The van der Waals surface area contributed by atoms with Gasteiger partial charge in [-0.3, -0.25) is 4.79 Å². The zero-order valence-corrected chi connectivity index (χ0v) is 22.7. The molecule has 0 aromatic heterocycles. The quantitative estimate of drug-likeness (QED) is 0.339. The SMILES string of the molecule is O=C(OC1CCCCCCCCCPC1)[C@@]1(C2CCCCCCCCCPC2)CCCN1. The van der Waals surface area contributed by atoms with Crippen molar-refractivity contribution < 1.29 is 9.53 Å². The summed E-state index contributed by atoms with van der Waals surface area (Å²) in [4.78, 5) is 13.8. The minimum atomic E-state index is -0.385. The predicted molar refractivity (Wildman–Crippen MR) is 143 cm³/mol. The van der Waals surface area contributed by atoms with Crippen LogP contribution in [0.5, 0.6) is 0 Å². The molecule has 3 aliphatic heterocycles. The molecule has 0 saturated carbocycles. The summed E-state index contributed by atoms with van der Waals surface area (Å²) in [6.07, 6.45) is 28.7. The van der Waals surface area contributed by atoms with E-state index in [-0.39, 0.29) is 17.6 Å². The first-order valence-electron chi connectivity index (χ1n) is 14.2. The first-order chi connectivity index (χ1) is 15.8. The van der Waals surface area contributed by atoms with Gasteiger partial charge in [0, 0.05) is 6.16 Å². The van der Waals surface area contributed by atoms with Gasteiger partial charge >= 0.3 is 5.97 Å². The van der Waals surface area contributed by atoms with Gasteiger partial charge < -0.3 is 10.1 Å². The predicted octanol–water partition coefficient (Wildman–Crippen LogP) is 7.26. The summed E-state index contributed by atoms with van der Waals surface area (Å²) in [6, 6.07) is 0. The fourth-order valence-corrected chi connectivity index (χ4v) is 8.93. The van der Waals surface area contributed by atoms with Gasteiger partial charge in [-0.05, 0) is 75.9 Å². The highest BCUT2D eigenvalue weighted by molar-refractivity contribution is 7.38. The van der Waals surface area contributed by atoms with Crippen LogP contribution in [0.1, 0.15) is 116 Å². The van der Waals surface area contributed by atoms with Gasteiger partial charge in [0.25, 0.3) is 0 Å². The molecule has 0 aromatic carbocycles. The maximum atomic E-state index is 13.8. The Balaban J connectivity index is 1.61. The van der Waals surface area contributed by atoms with Crippen LogP contribution in [0.3, 0.4) is 0 Å². The van der Waals surface area contributed by atoms with E-state index in [0.717, 1.165) is 49.1 Å². The second-order valence-electron chi connectivity index (χ2n) is 10.7. The van der Waals surface area contributed by atoms with Crippen LogP contribution in [-0.2, 0) is 9.53 Å². The zero-order chi connectivity index (χ0) is 22.3. The smallest absolute Gasteiger partial charge is 0.326 e. The first-order valence-corrected chi connectivity index (χ1v) is 17.0. The Morgan fingerprint density at radius 1 is 0.688 bits per heavy atom. The Labute approximate surface area is 202 Å². The molecule has 5 heteroatoms. The van der Waals surface area contributed by atoms with Crippen LogP contribution in [0.2, 0.25) is 0 Å². The molecule has 3 heterocycles. The fourth-order valence-electron chi connectivity index (χ4n) is 6.01. The minimum Gasteiger partial charge on any atom is -0.461 e. The highest BCUT2D eigenvalue weighted by Crippen LogP contribution is 2.38. The number of hydrogen-bond donors (Lipinski definition) is 1. The number of carbonyl (C=O) groups excluding carboxylic acids is 1. The molecule has 3 aliphatic rings. The van der Waals surface area contributed by atoms with Crippen molar-refractivity contribution in [3.63, 3.8) is 0 Å². The highest BCUT2D eigenvalue weighted by Gasteiger charge is 2.48. The van der Waals surface area contributed by atoms with E-state index in [1.165, 1.54) is 115 Å². The Hall–Kier alpha value is 0.290. The molecule has 32 heavy (non-hydrogen) atoms. The topological polar surface area (TPSA) is 38.3 Å². The summed E-state index contributed by atoms with van der Waals surface area (Å²) in [7, 11) is 1.98. The van der Waals surface area contributed by atoms with E-state index >= 15 is 0 Å². The third-order valence-corrected chi connectivity index (χ3v) is 11.0. The summed E-state index contributed by atoms with van der Waals surface area (Å²) in [6.45, 7) is 0.987. The molecule has 3 saturated heterocycles. The molecule has 0 spiro atoms. The van der Waals surface area contributed by atoms with Gasteiger partial charge in [0.2, 0.25) is 0 Å². The normalized spacial score (nSPS) is 34.6. The van der Waals surface area contributed by atoms with Crippen LogP contribution in [0.25, 0.3) is 0 Å². The molecular formula is C27H51NO2P2. The third-order valence-electron chi connectivity index (χ3n) is 8.07. The summed E-state index contributed by atoms with van der Waals surface area (Å²) in [5.74, 6) is 0.600. The van der Waals surface area contributed by atoms with Crippen molar-refractivity contribution in [3.05, 3.63) is 0 Å². The van der Waals surface area contributed by atoms with E-state index in [2.05, 4.69) is 5.32 Å². The number of nitrogens with one attached hydrogen (secondary N) is 1. The van der Waals surface area contributed by atoms with E-state index in [4.69, 9.17) is 4.74 Å². The van der Waals surface area contributed by atoms with Crippen molar-refractivity contribution in [1.82, 2.24) is 5.32 Å². The van der Waals surface area contributed by atoms with E-state index in [1.807, 2.05) is 0 Å². The average molecular weight is 484 g/mol. The fraction of sp³-hybridized carbons (Fsp3) is 0.963. The van der Waals surface area contributed by atoms with Gasteiger partial charge in [-0.2, -0.15) is 0 Å². The molecule has 3 nitrogen and oxygen atoms in total. The Kier molecular flexibility index (Phi) is 13.5. The molecule has 0 aliphatic carbocycles. The maximum absolute atomic E-state index is 13.8. The van der Waals surface area contributed by atoms with E-state index in [1.54, 1.807) is 0 Å². The lowest BCUT2D eigenvalue weighted by Gasteiger charge is -2.37. The summed E-state index contributed by atoms with van der Waals surface area (Å²) in [5, 5.41) is 3.74. The van der Waals surface area contributed by atoms with Crippen molar-refractivity contribution >= 4 is 23.1 Å². The second-order valence-corrected chi connectivity index (χ2v) is 13.5. The molecule has 0 aromatic rings. The van der Waals surface area contributed by atoms with E-state index < -0.39 is 0 Å². The van der Waals surface area contributed by atoms with Crippen LogP contribution in [-0.4, -0.2) is 48.8 Å². The van der Waals surface area contributed by atoms with E-state index in [9.17, 15) is 4.79 Å². The molecule has 186 valence electrons. The Morgan fingerprint density at radius 2 is 1.25 bits per heavy atom. The maximum Gasteiger partial charge on any atom is 0.326 e. The molecular weight excluding hydrogens is 432 g/mol. The van der Waals surface area contributed by atoms with Gasteiger partial charge in [0.1, 0.15) is 11.6 Å². The minimum absolute atomic E-state index is 0.124. The largest absolute Gasteiger partial charge is 0.461 e. The number of hydrogen-bond acceptors (Lipinski definition) is 3. The molecule has 0 radical (unpaired) electrons. The Morgan fingerprint density at radius 3 is 1.88 bits per heavy atom. The third kappa shape index (κ3) is 9.15. The van der Waals surface area contributed by atoms with Gasteiger partial charge in [-0.25, -0.2) is 0 Å². The van der Waals surface area contributed by atoms with Crippen LogP contribution in [0, 0.1) is 5.92 Å². The van der Waals surface area contributed by atoms with Crippen molar-refractivity contribution in [3.8, 4) is 0 Å². The molecule has 1 N–H and O–H groups in total. The summed E-state index contributed by atoms with van der Waals surface area (Å²) >= 11 is 0. The van der Waals surface area contributed by atoms with Crippen molar-refractivity contribution in [1.29, 1.82) is 0 Å². The number of ether oxygens (including phenoxy) is 1. The number of esters is 1. The lowest BCUT2D eigenvalue weighted by atomic mass is 9.80. The molecule has 4 unspecified atom stereocenters. The zero-order valence-electron chi connectivity index (χ0n) is 20.7. The molecule has 0 bridgehead atoms. The monoisotopic (exact) mass is 483 g/mol. The van der Waals surface area contributed by atoms with Crippen LogP contribution in [0.15, 0.2) is 0 Å². The lowest BCUT2D eigenvalue weighted by Crippen LogP contribution is -2.56. The van der Waals surface area contributed by atoms with Gasteiger partial charge in [0.05, 0.1) is 0 Å². The van der Waals surface area contributed by atoms with Crippen molar-refractivity contribution in [2.24, 2.45) is 5.92 Å². The molecule has 5 atom stereocenters. The van der Waals surface area contributed by atoms with Crippen LogP contribution < -0.4 is 5.32 Å². The average Bonchev–Trinajstić information content (AvgIpc) is 3.27. The Bertz CT molecular complexity index is 486. The molecule has 3 fully saturated rings. The van der Waals surface area contributed by atoms with Crippen LogP contribution >= 0.6 is 17.2 Å². The number of carbonyl (C=O) groups is 1. The van der Waals surface area contributed by atoms with Crippen molar-refractivity contribution in [2.45, 2.75) is 127 Å². The first kappa shape index (κ1) is 26.9. The second kappa shape index (κ2) is 16.1. The summed E-state index contributed by atoms with van der Waals surface area (Å²) in [5.41, 5.74) is -0.385. The lowest BCUT2D eigenvalue weighted by molar-refractivity contribution is -0.158.